The number of carbonyl (C=O) groups is 1. The van der Waals surface area contributed by atoms with Crippen molar-refractivity contribution in [1.29, 1.82) is 0 Å². The lowest BCUT2D eigenvalue weighted by Crippen LogP contribution is -2.57. The average Bonchev–Trinajstić information content (AvgIpc) is 2.85. The first-order valence-electron chi connectivity index (χ1n) is 11.8. The van der Waals surface area contributed by atoms with E-state index in [1.807, 2.05) is 23.1 Å². The van der Waals surface area contributed by atoms with Crippen molar-refractivity contribution in [3.05, 3.63) is 65.2 Å². The van der Waals surface area contributed by atoms with Crippen molar-refractivity contribution in [2.75, 3.05) is 59.2 Å². The monoisotopic (exact) mass is 472 g/mol. The molecule has 0 unspecified atom stereocenters. The number of morpholine rings is 2. The zero-order valence-electron chi connectivity index (χ0n) is 19.1. The number of ether oxygens (including phenoxy) is 3. The summed E-state index contributed by atoms with van der Waals surface area (Å²) in [4.78, 5) is 17.4. The molecule has 7 heteroatoms. The number of nitrogens with zero attached hydrogens (tertiary/aromatic N) is 2. The van der Waals surface area contributed by atoms with Gasteiger partial charge in [0, 0.05) is 31.2 Å². The number of hydrogen-bond donors (Lipinski definition) is 0. The molecule has 2 heterocycles. The maximum Gasteiger partial charge on any atom is 0.225 e. The lowest BCUT2D eigenvalue weighted by atomic mass is 9.96. The van der Waals surface area contributed by atoms with Crippen LogP contribution in [0.4, 0.5) is 0 Å². The van der Waals surface area contributed by atoms with Crippen molar-refractivity contribution in [3.63, 3.8) is 0 Å². The smallest absolute Gasteiger partial charge is 0.225 e. The van der Waals surface area contributed by atoms with Crippen LogP contribution in [0, 0.1) is 0 Å². The Hall–Kier alpha value is -2.12. The van der Waals surface area contributed by atoms with E-state index in [0.29, 0.717) is 57.5 Å². The Bertz CT molecular complexity index is 874. The number of carbonyl (C=O) groups excluding carboxylic acids is 1. The van der Waals surface area contributed by atoms with Crippen molar-refractivity contribution in [2.45, 2.75) is 24.9 Å². The van der Waals surface area contributed by atoms with Gasteiger partial charge in [0.1, 0.15) is 18.0 Å². The Kier molecular flexibility index (Phi) is 8.62. The largest absolute Gasteiger partial charge is 0.491 e. The minimum absolute atomic E-state index is 0.101. The van der Waals surface area contributed by atoms with Gasteiger partial charge in [-0.2, -0.15) is 0 Å². The summed E-state index contributed by atoms with van der Waals surface area (Å²) in [6, 6.07) is 17.9. The van der Waals surface area contributed by atoms with Gasteiger partial charge in [-0.05, 0) is 49.2 Å². The van der Waals surface area contributed by atoms with Crippen molar-refractivity contribution in [1.82, 2.24) is 9.80 Å². The van der Waals surface area contributed by atoms with E-state index < -0.39 is 5.60 Å². The molecule has 2 aliphatic heterocycles. The van der Waals surface area contributed by atoms with Gasteiger partial charge in [0.2, 0.25) is 5.91 Å². The number of amides is 1. The Balaban J connectivity index is 1.39. The fourth-order valence-corrected chi connectivity index (χ4v) is 4.58. The summed E-state index contributed by atoms with van der Waals surface area (Å²) in [5.41, 5.74) is 0.672. The first-order valence-corrected chi connectivity index (χ1v) is 12.1. The predicted octanol–water partition coefficient (Wildman–Crippen LogP) is 3.67. The van der Waals surface area contributed by atoms with Gasteiger partial charge in [-0.3, -0.25) is 9.69 Å². The van der Waals surface area contributed by atoms with Crippen LogP contribution in [0.2, 0.25) is 5.02 Å². The second kappa shape index (κ2) is 11.8. The molecule has 0 radical (unpaired) electrons. The molecule has 178 valence electrons. The summed E-state index contributed by atoms with van der Waals surface area (Å²) in [6.07, 6.45) is 2.41. The second-order valence-electron chi connectivity index (χ2n) is 8.81. The van der Waals surface area contributed by atoms with Crippen LogP contribution in [0.3, 0.4) is 0 Å². The van der Waals surface area contributed by atoms with Crippen molar-refractivity contribution >= 4 is 17.5 Å². The Morgan fingerprint density at radius 3 is 2.52 bits per heavy atom. The summed E-state index contributed by atoms with van der Waals surface area (Å²) in [7, 11) is 0. The molecule has 2 fully saturated rings. The van der Waals surface area contributed by atoms with Gasteiger partial charge in [0.05, 0.1) is 26.2 Å². The van der Waals surface area contributed by atoms with Crippen LogP contribution >= 0.6 is 11.6 Å². The van der Waals surface area contributed by atoms with Crippen LogP contribution in [-0.2, 0) is 20.7 Å². The molecule has 6 nitrogen and oxygen atoms in total. The van der Waals surface area contributed by atoms with E-state index in [2.05, 4.69) is 29.2 Å². The molecule has 0 bridgehead atoms. The van der Waals surface area contributed by atoms with E-state index in [1.54, 1.807) is 12.1 Å². The van der Waals surface area contributed by atoms with Crippen LogP contribution < -0.4 is 4.74 Å². The van der Waals surface area contributed by atoms with Gasteiger partial charge in [-0.25, -0.2) is 0 Å². The second-order valence-corrected chi connectivity index (χ2v) is 9.25. The van der Waals surface area contributed by atoms with Crippen LogP contribution in [0.15, 0.2) is 54.6 Å². The van der Waals surface area contributed by atoms with Crippen molar-refractivity contribution in [2.24, 2.45) is 0 Å². The Morgan fingerprint density at radius 1 is 1.00 bits per heavy atom. The molecule has 2 saturated heterocycles. The van der Waals surface area contributed by atoms with Crippen molar-refractivity contribution in [3.8, 4) is 5.75 Å². The van der Waals surface area contributed by atoms with Gasteiger partial charge in [0.15, 0.2) is 0 Å². The normalized spacial score (nSPS) is 21.7. The van der Waals surface area contributed by atoms with Gasteiger partial charge in [-0.15, -0.1) is 0 Å². The predicted molar refractivity (Wildman–Crippen MR) is 129 cm³/mol. The molecule has 1 amide bonds. The van der Waals surface area contributed by atoms with Gasteiger partial charge >= 0.3 is 0 Å². The molecule has 0 N–H and O–H groups in total. The van der Waals surface area contributed by atoms with E-state index in [-0.39, 0.29) is 5.91 Å². The molecule has 2 aliphatic rings. The minimum Gasteiger partial charge on any atom is -0.491 e. The molecule has 1 atom stereocenters. The van der Waals surface area contributed by atoms with Gasteiger partial charge in [-0.1, -0.05) is 41.9 Å². The first-order chi connectivity index (χ1) is 16.1. The highest BCUT2D eigenvalue weighted by atomic mass is 35.5. The summed E-state index contributed by atoms with van der Waals surface area (Å²) in [5, 5.41) is 0.665. The lowest BCUT2D eigenvalue weighted by molar-refractivity contribution is -0.158. The summed E-state index contributed by atoms with van der Waals surface area (Å²) >= 11 is 6.01. The van der Waals surface area contributed by atoms with Crippen molar-refractivity contribution < 1.29 is 19.0 Å². The zero-order chi connectivity index (χ0) is 22.9. The highest BCUT2D eigenvalue weighted by Gasteiger charge is 2.41. The first kappa shape index (κ1) is 24.0. The third-order valence-corrected chi connectivity index (χ3v) is 6.51. The summed E-state index contributed by atoms with van der Waals surface area (Å²) in [6.45, 7) is 5.85. The molecule has 2 aromatic carbocycles. The van der Waals surface area contributed by atoms with Crippen LogP contribution in [0.5, 0.6) is 5.75 Å². The number of hydrogen-bond acceptors (Lipinski definition) is 5. The van der Waals surface area contributed by atoms with Crippen LogP contribution in [0.25, 0.3) is 0 Å². The molecule has 33 heavy (non-hydrogen) atoms. The minimum atomic E-state index is -0.681. The van der Waals surface area contributed by atoms with E-state index in [0.717, 1.165) is 31.7 Å². The van der Waals surface area contributed by atoms with E-state index in [1.165, 1.54) is 5.56 Å². The number of aryl methyl sites for hydroxylation is 1. The third kappa shape index (κ3) is 7.18. The summed E-state index contributed by atoms with van der Waals surface area (Å²) in [5.74, 6) is 0.825. The maximum absolute atomic E-state index is 13.1. The molecule has 0 aliphatic carbocycles. The number of benzene rings is 2. The summed E-state index contributed by atoms with van der Waals surface area (Å²) < 4.78 is 17.8. The molecule has 0 aromatic heterocycles. The fraction of sp³-hybridized carbons (Fsp3) is 0.500. The number of halogens is 1. The quantitative estimate of drug-likeness (QED) is 0.557. The highest BCUT2D eigenvalue weighted by Crippen LogP contribution is 2.26. The van der Waals surface area contributed by atoms with Crippen LogP contribution in [0.1, 0.15) is 18.4 Å². The van der Waals surface area contributed by atoms with Crippen LogP contribution in [-0.4, -0.2) is 80.5 Å². The van der Waals surface area contributed by atoms with Gasteiger partial charge in [0.25, 0.3) is 0 Å². The average molecular weight is 473 g/mol. The molecular weight excluding hydrogens is 440 g/mol. The molecular formula is C26H33ClN2O4. The fourth-order valence-electron chi connectivity index (χ4n) is 4.46. The Labute approximate surface area is 201 Å². The molecule has 4 rings (SSSR count). The molecule has 2 aromatic rings. The standard InChI is InChI=1S/C26H33ClN2O4/c27-23-8-10-24(11-9-23)32-21-26(19-25(30)29-14-16-31-17-15-29)20-28(13-18-33-26)12-4-7-22-5-2-1-3-6-22/h1-3,5-6,8-11H,4,7,12-21H2/t26-/m1/s1. The maximum atomic E-state index is 13.1. The Morgan fingerprint density at radius 2 is 1.76 bits per heavy atom. The zero-order valence-corrected chi connectivity index (χ0v) is 19.8. The van der Waals surface area contributed by atoms with E-state index in [9.17, 15) is 4.79 Å². The SMILES string of the molecule is O=C(C[C@]1(COc2ccc(Cl)cc2)CN(CCCc2ccccc2)CCO1)N1CCOCC1. The number of rotatable bonds is 9. The van der Waals surface area contributed by atoms with Gasteiger partial charge < -0.3 is 19.1 Å². The van der Waals surface area contributed by atoms with E-state index >= 15 is 0 Å². The lowest BCUT2D eigenvalue weighted by Gasteiger charge is -2.43. The third-order valence-electron chi connectivity index (χ3n) is 6.26. The molecule has 0 saturated carbocycles. The van der Waals surface area contributed by atoms with E-state index in [4.69, 9.17) is 25.8 Å². The topological polar surface area (TPSA) is 51.2 Å². The highest BCUT2D eigenvalue weighted by molar-refractivity contribution is 6.30. The molecule has 0 spiro atoms.